The lowest BCUT2D eigenvalue weighted by atomic mass is 9.51. The van der Waals surface area contributed by atoms with Crippen LogP contribution in [0.4, 0.5) is 0 Å². The van der Waals surface area contributed by atoms with Gasteiger partial charge >= 0.3 is 5.97 Å². The molecule has 0 aliphatic heterocycles. The minimum absolute atomic E-state index is 0.275. The molecule has 0 saturated heterocycles. The number of allylic oxidation sites excluding steroid dienone is 4. The maximum absolute atomic E-state index is 11.8. The quantitative estimate of drug-likeness (QED) is 0.535. The summed E-state index contributed by atoms with van der Waals surface area (Å²) in [4.78, 5) is 11.8. The van der Waals surface area contributed by atoms with E-state index in [0.29, 0.717) is 35.2 Å². The first-order chi connectivity index (χ1) is 12.7. The molecule has 0 amide bonds. The number of hydrogen-bond donors (Lipinski definition) is 1. The molecule has 150 valence electrons. The fourth-order valence-corrected chi connectivity index (χ4v) is 6.49. The van der Waals surface area contributed by atoms with Gasteiger partial charge in [-0.1, -0.05) is 43.7 Å². The van der Waals surface area contributed by atoms with Gasteiger partial charge in [0.1, 0.15) is 0 Å². The summed E-state index contributed by atoms with van der Waals surface area (Å²) in [6.07, 6.45) is 14.3. The van der Waals surface area contributed by atoms with E-state index in [1.165, 1.54) is 36.8 Å². The molecule has 0 heterocycles. The standard InChI is InChI=1S/C25H38O2/c1-17(2)20-12-14-25(5)16-15-24(4)13-11-18(3)7-6-8-19(23(26)27)9-10-21(24)22(20)25/h8,11,20-22H,1,6-7,9-10,12-16H2,2-5H3,(H,26,27)/b18-11-,19-8-/t20-,21+,22+,24+,25+/m0/s1. The van der Waals surface area contributed by atoms with E-state index in [1.807, 2.05) is 6.08 Å². The number of fused-ring (bicyclic) bond motifs is 3. The van der Waals surface area contributed by atoms with E-state index in [1.54, 1.807) is 0 Å². The van der Waals surface area contributed by atoms with Gasteiger partial charge in [-0.25, -0.2) is 4.79 Å². The molecule has 2 heteroatoms. The summed E-state index contributed by atoms with van der Waals surface area (Å²) in [5.41, 5.74) is 4.05. The van der Waals surface area contributed by atoms with E-state index in [9.17, 15) is 9.90 Å². The van der Waals surface area contributed by atoms with Crippen molar-refractivity contribution in [2.24, 2.45) is 28.6 Å². The summed E-state index contributed by atoms with van der Waals surface area (Å²) in [5, 5.41) is 9.70. The van der Waals surface area contributed by atoms with Gasteiger partial charge in [0.05, 0.1) is 0 Å². The number of carboxylic acid groups (broad SMARTS) is 1. The van der Waals surface area contributed by atoms with Crippen molar-refractivity contribution >= 4 is 5.97 Å². The van der Waals surface area contributed by atoms with Gasteiger partial charge in [0.25, 0.3) is 0 Å². The van der Waals surface area contributed by atoms with Gasteiger partial charge in [-0.2, -0.15) is 0 Å². The lowest BCUT2D eigenvalue weighted by Crippen LogP contribution is -2.46. The Balaban J connectivity index is 2.00. The molecule has 0 aromatic rings. The maximum Gasteiger partial charge on any atom is 0.331 e. The van der Waals surface area contributed by atoms with Gasteiger partial charge in [-0.15, -0.1) is 0 Å². The van der Waals surface area contributed by atoms with Crippen LogP contribution in [0.15, 0.2) is 35.5 Å². The maximum atomic E-state index is 11.8. The Kier molecular flexibility index (Phi) is 5.75. The predicted molar refractivity (Wildman–Crippen MR) is 113 cm³/mol. The summed E-state index contributed by atoms with van der Waals surface area (Å²) in [6.45, 7) is 13.8. The van der Waals surface area contributed by atoms with Crippen molar-refractivity contribution in [1.82, 2.24) is 0 Å². The molecule has 0 aromatic carbocycles. The number of carboxylic acids is 1. The number of rotatable bonds is 2. The highest BCUT2D eigenvalue weighted by molar-refractivity contribution is 5.86. The monoisotopic (exact) mass is 370 g/mol. The van der Waals surface area contributed by atoms with Crippen LogP contribution in [0.1, 0.15) is 85.5 Å². The van der Waals surface area contributed by atoms with Gasteiger partial charge in [-0.05, 0) is 100 Å². The molecule has 3 rings (SSSR count). The summed E-state index contributed by atoms with van der Waals surface area (Å²) >= 11 is 0. The van der Waals surface area contributed by atoms with Crippen molar-refractivity contribution < 1.29 is 9.90 Å². The average Bonchev–Trinajstić information content (AvgIpc) is 2.94. The smallest absolute Gasteiger partial charge is 0.331 e. The molecule has 2 nitrogen and oxygen atoms in total. The normalized spacial score (nSPS) is 43.9. The van der Waals surface area contributed by atoms with E-state index < -0.39 is 5.97 Å². The van der Waals surface area contributed by atoms with Crippen LogP contribution >= 0.6 is 0 Å². The highest BCUT2D eigenvalue weighted by Gasteiger charge is 2.56. The zero-order chi connectivity index (χ0) is 19.8. The molecular formula is C25H38O2. The second-order valence-corrected chi connectivity index (χ2v) is 10.3. The average molecular weight is 371 g/mol. The lowest BCUT2D eigenvalue weighted by Gasteiger charge is -2.54. The first-order valence-corrected chi connectivity index (χ1v) is 10.9. The second kappa shape index (κ2) is 7.60. The summed E-state index contributed by atoms with van der Waals surface area (Å²) in [6, 6.07) is 0. The number of aliphatic carboxylic acids is 1. The molecule has 0 aromatic heterocycles. The van der Waals surface area contributed by atoms with E-state index >= 15 is 0 Å². The van der Waals surface area contributed by atoms with Crippen LogP contribution in [-0.2, 0) is 4.79 Å². The third-order valence-electron chi connectivity index (χ3n) is 8.34. The van der Waals surface area contributed by atoms with Crippen LogP contribution in [0, 0.1) is 28.6 Å². The Labute approximate surface area is 165 Å². The Bertz CT molecular complexity index is 670. The largest absolute Gasteiger partial charge is 0.478 e. The first kappa shape index (κ1) is 20.4. The molecule has 2 saturated carbocycles. The molecule has 0 radical (unpaired) electrons. The van der Waals surface area contributed by atoms with Crippen LogP contribution in [-0.4, -0.2) is 11.1 Å². The molecule has 5 atom stereocenters. The molecule has 3 aliphatic rings. The zero-order valence-corrected chi connectivity index (χ0v) is 17.8. The first-order valence-electron chi connectivity index (χ1n) is 10.9. The third kappa shape index (κ3) is 3.96. The Morgan fingerprint density at radius 1 is 1.11 bits per heavy atom. The van der Waals surface area contributed by atoms with Gasteiger partial charge < -0.3 is 5.11 Å². The number of hydrogen-bond acceptors (Lipinski definition) is 1. The van der Waals surface area contributed by atoms with Crippen molar-refractivity contribution in [1.29, 1.82) is 0 Å². The van der Waals surface area contributed by atoms with E-state index in [-0.39, 0.29) is 5.41 Å². The highest BCUT2D eigenvalue weighted by atomic mass is 16.4. The molecule has 0 spiro atoms. The van der Waals surface area contributed by atoms with Crippen molar-refractivity contribution in [3.63, 3.8) is 0 Å². The summed E-state index contributed by atoms with van der Waals surface area (Å²) in [5.74, 6) is 1.11. The van der Waals surface area contributed by atoms with Crippen LogP contribution in [0.5, 0.6) is 0 Å². The fraction of sp³-hybridized carbons (Fsp3) is 0.720. The van der Waals surface area contributed by atoms with E-state index in [2.05, 4.69) is 40.3 Å². The van der Waals surface area contributed by atoms with Crippen molar-refractivity contribution in [2.45, 2.75) is 85.5 Å². The minimum atomic E-state index is -0.723. The van der Waals surface area contributed by atoms with Gasteiger partial charge in [0.2, 0.25) is 0 Å². The third-order valence-corrected chi connectivity index (χ3v) is 8.34. The lowest BCUT2D eigenvalue weighted by molar-refractivity contribution is -0.133. The van der Waals surface area contributed by atoms with Crippen molar-refractivity contribution in [2.75, 3.05) is 0 Å². The number of carbonyl (C=O) groups is 1. The summed E-state index contributed by atoms with van der Waals surface area (Å²) in [7, 11) is 0. The molecule has 3 aliphatic carbocycles. The predicted octanol–water partition coefficient (Wildman–Crippen LogP) is 6.93. The SMILES string of the molecule is C=C(C)[C@@H]1CC[C@]2(C)CC[C@@]3(C)C/C=C(/C)CC/C=C(\C(=O)O)CC[C@@H]3[C@@H]12. The fourth-order valence-electron chi connectivity index (χ4n) is 6.49. The Morgan fingerprint density at radius 2 is 1.81 bits per heavy atom. The highest BCUT2D eigenvalue weighted by Crippen LogP contribution is 2.65. The second-order valence-electron chi connectivity index (χ2n) is 10.3. The summed E-state index contributed by atoms with van der Waals surface area (Å²) < 4.78 is 0. The van der Waals surface area contributed by atoms with Crippen LogP contribution in [0.3, 0.4) is 0 Å². The van der Waals surface area contributed by atoms with Crippen LogP contribution in [0.2, 0.25) is 0 Å². The van der Waals surface area contributed by atoms with Crippen LogP contribution in [0.25, 0.3) is 0 Å². The Hall–Kier alpha value is -1.31. The van der Waals surface area contributed by atoms with Gasteiger partial charge in [0, 0.05) is 5.57 Å². The van der Waals surface area contributed by atoms with Gasteiger partial charge in [-0.3, -0.25) is 0 Å². The Morgan fingerprint density at radius 3 is 2.48 bits per heavy atom. The topological polar surface area (TPSA) is 37.3 Å². The van der Waals surface area contributed by atoms with Crippen molar-refractivity contribution in [3.8, 4) is 0 Å². The van der Waals surface area contributed by atoms with E-state index in [4.69, 9.17) is 0 Å². The minimum Gasteiger partial charge on any atom is -0.478 e. The zero-order valence-electron chi connectivity index (χ0n) is 17.8. The molecule has 0 bridgehead atoms. The van der Waals surface area contributed by atoms with Gasteiger partial charge in [0.15, 0.2) is 0 Å². The molecule has 0 unspecified atom stereocenters. The van der Waals surface area contributed by atoms with Crippen LogP contribution < -0.4 is 0 Å². The van der Waals surface area contributed by atoms with Crippen molar-refractivity contribution in [3.05, 3.63) is 35.5 Å². The molecule has 27 heavy (non-hydrogen) atoms. The molecule has 2 fully saturated rings. The molecular weight excluding hydrogens is 332 g/mol. The molecule has 1 N–H and O–H groups in total. The van der Waals surface area contributed by atoms with E-state index in [0.717, 1.165) is 25.7 Å².